The van der Waals surface area contributed by atoms with Gasteiger partial charge < -0.3 is 14.6 Å². The smallest absolute Gasteiger partial charge is 0.193 e. The summed E-state index contributed by atoms with van der Waals surface area (Å²) >= 11 is 0. The number of likely N-dealkylation sites (tertiary alicyclic amines) is 1. The monoisotopic (exact) mass is 217 g/mol. The van der Waals surface area contributed by atoms with Crippen LogP contribution in [0.15, 0.2) is 0 Å². The van der Waals surface area contributed by atoms with Crippen molar-refractivity contribution in [3.63, 3.8) is 0 Å². The molecule has 0 radical (unpaired) electrons. The van der Waals surface area contributed by atoms with E-state index in [4.69, 9.17) is 14.6 Å². The highest BCUT2D eigenvalue weighted by atomic mass is 16.7. The van der Waals surface area contributed by atoms with Gasteiger partial charge in [0.1, 0.15) is 0 Å². The second kappa shape index (κ2) is 4.78. The molecule has 4 heteroatoms. The van der Waals surface area contributed by atoms with Crippen molar-refractivity contribution in [1.29, 1.82) is 0 Å². The number of methoxy groups -OCH3 is 2. The van der Waals surface area contributed by atoms with Crippen LogP contribution in [0.1, 0.15) is 26.7 Å². The van der Waals surface area contributed by atoms with E-state index in [1.54, 1.807) is 14.2 Å². The topological polar surface area (TPSA) is 41.9 Å². The van der Waals surface area contributed by atoms with Crippen LogP contribution in [-0.2, 0) is 9.47 Å². The number of aliphatic hydroxyl groups excluding tert-OH is 1. The van der Waals surface area contributed by atoms with E-state index in [0.717, 1.165) is 25.9 Å². The molecule has 1 saturated heterocycles. The molecule has 1 N–H and O–H groups in total. The van der Waals surface area contributed by atoms with Crippen LogP contribution in [0.4, 0.5) is 0 Å². The highest BCUT2D eigenvalue weighted by Crippen LogP contribution is 2.35. The number of hydrogen-bond donors (Lipinski definition) is 1. The van der Waals surface area contributed by atoms with E-state index < -0.39 is 5.79 Å². The largest absolute Gasteiger partial charge is 0.396 e. The minimum atomic E-state index is -0.425. The van der Waals surface area contributed by atoms with E-state index in [9.17, 15) is 0 Å². The first kappa shape index (κ1) is 12.9. The zero-order valence-electron chi connectivity index (χ0n) is 10.2. The Balaban J connectivity index is 2.54. The van der Waals surface area contributed by atoms with E-state index >= 15 is 0 Å². The molecule has 0 bridgehead atoms. The van der Waals surface area contributed by atoms with Crippen molar-refractivity contribution in [3.8, 4) is 0 Å². The van der Waals surface area contributed by atoms with Gasteiger partial charge in [0.25, 0.3) is 0 Å². The van der Waals surface area contributed by atoms with E-state index in [-0.39, 0.29) is 12.1 Å². The first-order valence-corrected chi connectivity index (χ1v) is 5.52. The maximum atomic E-state index is 9.06. The molecule has 1 unspecified atom stereocenters. The van der Waals surface area contributed by atoms with Gasteiger partial charge >= 0.3 is 0 Å². The number of rotatable bonds is 6. The molecule has 0 saturated carbocycles. The molecule has 1 aliphatic heterocycles. The Morgan fingerprint density at radius 2 is 1.87 bits per heavy atom. The Morgan fingerprint density at radius 1 is 1.33 bits per heavy atom. The van der Waals surface area contributed by atoms with Gasteiger partial charge in [0.05, 0.1) is 13.1 Å². The zero-order chi connectivity index (χ0) is 11.5. The Morgan fingerprint density at radius 3 is 2.20 bits per heavy atom. The summed E-state index contributed by atoms with van der Waals surface area (Å²) in [5, 5.41) is 9.06. The lowest BCUT2D eigenvalue weighted by atomic mass is 9.87. The lowest BCUT2D eigenvalue weighted by molar-refractivity contribution is -0.292. The van der Waals surface area contributed by atoms with Crippen molar-refractivity contribution < 1.29 is 14.6 Å². The van der Waals surface area contributed by atoms with Crippen molar-refractivity contribution >= 4 is 0 Å². The second-order valence-corrected chi connectivity index (χ2v) is 4.50. The summed E-state index contributed by atoms with van der Waals surface area (Å²) < 4.78 is 10.7. The number of hydrogen-bond acceptors (Lipinski definition) is 4. The molecule has 0 aromatic carbocycles. The van der Waals surface area contributed by atoms with Crippen LogP contribution in [0.2, 0.25) is 0 Å². The Kier molecular flexibility index (Phi) is 4.12. The summed E-state index contributed by atoms with van der Waals surface area (Å²) in [6, 6.07) is 0. The number of aliphatic hydroxyl groups is 1. The summed E-state index contributed by atoms with van der Waals surface area (Å²) in [4.78, 5) is 2.32. The maximum Gasteiger partial charge on any atom is 0.193 e. The Bertz CT molecular complexity index is 198. The average Bonchev–Trinajstić information content (AvgIpc) is 2.18. The second-order valence-electron chi connectivity index (χ2n) is 4.50. The Hall–Kier alpha value is -0.160. The lowest BCUT2D eigenvalue weighted by Crippen LogP contribution is -2.69. The van der Waals surface area contributed by atoms with Crippen LogP contribution < -0.4 is 0 Å². The minimum Gasteiger partial charge on any atom is -0.396 e. The maximum absolute atomic E-state index is 9.06. The average molecular weight is 217 g/mol. The first-order valence-electron chi connectivity index (χ1n) is 5.52. The molecule has 15 heavy (non-hydrogen) atoms. The van der Waals surface area contributed by atoms with E-state index in [1.165, 1.54) is 0 Å². The lowest BCUT2D eigenvalue weighted by Gasteiger charge is -2.55. The van der Waals surface area contributed by atoms with Crippen molar-refractivity contribution in [1.82, 2.24) is 4.90 Å². The molecule has 0 aromatic rings. The summed E-state index contributed by atoms with van der Waals surface area (Å²) in [7, 11) is 3.35. The fourth-order valence-electron chi connectivity index (χ4n) is 2.06. The first-order chi connectivity index (χ1) is 7.05. The molecular formula is C11H23NO3. The molecule has 90 valence electrons. The van der Waals surface area contributed by atoms with Gasteiger partial charge in [0.2, 0.25) is 0 Å². The van der Waals surface area contributed by atoms with Crippen molar-refractivity contribution in [2.75, 3.05) is 33.9 Å². The number of nitrogens with zero attached hydrogens (tertiary/aromatic N) is 1. The molecule has 0 aromatic heterocycles. The van der Waals surface area contributed by atoms with Gasteiger partial charge in [-0.1, -0.05) is 6.92 Å². The van der Waals surface area contributed by atoms with Gasteiger partial charge in [-0.05, 0) is 19.8 Å². The van der Waals surface area contributed by atoms with Crippen LogP contribution in [0.25, 0.3) is 0 Å². The highest BCUT2D eigenvalue weighted by molar-refractivity contribution is 4.98. The molecule has 0 amide bonds. The third-order valence-corrected chi connectivity index (χ3v) is 3.78. The van der Waals surface area contributed by atoms with Gasteiger partial charge in [-0.15, -0.1) is 0 Å². The summed E-state index contributed by atoms with van der Waals surface area (Å²) in [6.07, 6.45) is 1.82. The number of ether oxygens (including phenoxy) is 2. The van der Waals surface area contributed by atoms with Gasteiger partial charge in [-0.25, -0.2) is 0 Å². The van der Waals surface area contributed by atoms with Gasteiger partial charge in [-0.3, -0.25) is 4.90 Å². The normalized spacial score (nSPS) is 24.6. The zero-order valence-corrected chi connectivity index (χ0v) is 10.2. The fraction of sp³-hybridized carbons (Fsp3) is 1.00. The van der Waals surface area contributed by atoms with Crippen LogP contribution in [0.3, 0.4) is 0 Å². The third-order valence-electron chi connectivity index (χ3n) is 3.78. The van der Waals surface area contributed by atoms with Crippen LogP contribution >= 0.6 is 0 Å². The fourth-order valence-corrected chi connectivity index (χ4v) is 2.06. The van der Waals surface area contributed by atoms with Crippen LogP contribution in [0, 0.1) is 0 Å². The van der Waals surface area contributed by atoms with Crippen molar-refractivity contribution in [2.24, 2.45) is 0 Å². The van der Waals surface area contributed by atoms with Gasteiger partial charge in [-0.2, -0.15) is 0 Å². The quantitative estimate of drug-likeness (QED) is 0.670. The molecule has 4 nitrogen and oxygen atoms in total. The van der Waals surface area contributed by atoms with E-state index in [0.29, 0.717) is 0 Å². The molecular weight excluding hydrogens is 194 g/mol. The molecule has 1 atom stereocenters. The van der Waals surface area contributed by atoms with E-state index in [1.807, 2.05) is 0 Å². The van der Waals surface area contributed by atoms with Crippen molar-refractivity contribution in [2.45, 2.75) is 38.0 Å². The van der Waals surface area contributed by atoms with Gasteiger partial charge in [0.15, 0.2) is 5.79 Å². The van der Waals surface area contributed by atoms with Crippen LogP contribution in [-0.4, -0.2) is 55.2 Å². The highest BCUT2D eigenvalue weighted by Gasteiger charge is 2.49. The third kappa shape index (κ3) is 2.33. The standard InChI is InChI=1S/C11H23NO3/c1-5-10(2,6-7-13)12-8-11(9-12,14-3)15-4/h13H,5-9H2,1-4H3. The molecule has 1 rings (SSSR count). The predicted octanol–water partition coefficient (Wildman–Crippen LogP) is 0.842. The SMILES string of the molecule is CCC(C)(CCO)N1CC(OC)(OC)C1. The van der Waals surface area contributed by atoms with Crippen LogP contribution in [0.5, 0.6) is 0 Å². The molecule has 0 spiro atoms. The van der Waals surface area contributed by atoms with E-state index in [2.05, 4.69) is 18.7 Å². The molecule has 1 aliphatic rings. The molecule has 0 aliphatic carbocycles. The predicted molar refractivity (Wildman–Crippen MR) is 58.7 cm³/mol. The Labute approximate surface area is 92.2 Å². The summed E-state index contributed by atoms with van der Waals surface area (Å²) in [5.74, 6) is -0.425. The summed E-state index contributed by atoms with van der Waals surface area (Å²) in [5.41, 5.74) is 0.0648. The molecule has 1 fully saturated rings. The minimum absolute atomic E-state index is 0.0648. The summed E-state index contributed by atoms with van der Waals surface area (Å²) in [6.45, 7) is 6.12. The van der Waals surface area contributed by atoms with Crippen molar-refractivity contribution in [3.05, 3.63) is 0 Å². The molecule has 1 heterocycles. The van der Waals surface area contributed by atoms with Gasteiger partial charge in [0, 0.05) is 26.4 Å².